The van der Waals surface area contributed by atoms with Gasteiger partial charge in [0.2, 0.25) is 0 Å². The van der Waals surface area contributed by atoms with Crippen molar-refractivity contribution in [2.75, 3.05) is 7.05 Å². The monoisotopic (exact) mass is 289 g/mol. The first-order chi connectivity index (χ1) is 8.37. The molecule has 4 nitrogen and oxygen atoms in total. The molecule has 0 spiro atoms. The summed E-state index contributed by atoms with van der Waals surface area (Å²) >= 11 is 1.16. The Morgan fingerprint density at radius 3 is 2.61 bits per heavy atom. The Morgan fingerprint density at radius 1 is 1.56 bits per heavy atom. The minimum absolute atomic E-state index is 0.0509. The summed E-state index contributed by atoms with van der Waals surface area (Å²) in [5.41, 5.74) is 0.841. The van der Waals surface area contributed by atoms with Crippen LogP contribution in [-0.2, 0) is 16.6 Å². The van der Waals surface area contributed by atoms with E-state index in [0.29, 0.717) is 10.1 Å². The Hall–Kier alpha value is -0.430. The van der Waals surface area contributed by atoms with Crippen LogP contribution in [0.1, 0.15) is 30.2 Å². The van der Waals surface area contributed by atoms with Crippen LogP contribution in [0.3, 0.4) is 0 Å². The third kappa shape index (κ3) is 2.47. The quantitative estimate of drug-likeness (QED) is 0.901. The molecule has 1 heterocycles. The molecule has 0 saturated heterocycles. The lowest BCUT2D eigenvalue weighted by molar-refractivity contribution is 0.285. The Labute approximate surface area is 112 Å². The minimum atomic E-state index is -3.41. The van der Waals surface area contributed by atoms with E-state index in [1.54, 1.807) is 13.1 Å². The van der Waals surface area contributed by atoms with E-state index in [2.05, 4.69) is 0 Å². The fourth-order valence-electron chi connectivity index (χ4n) is 2.01. The summed E-state index contributed by atoms with van der Waals surface area (Å²) in [4.78, 5) is 0.723. The fraction of sp³-hybridized carbons (Fsp3) is 0.667. The van der Waals surface area contributed by atoms with E-state index in [1.807, 2.05) is 13.8 Å². The highest BCUT2D eigenvalue weighted by atomic mass is 32.2. The van der Waals surface area contributed by atoms with Crippen LogP contribution >= 0.6 is 11.3 Å². The van der Waals surface area contributed by atoms with Crippen molar-refractivity contribution in [3.63, 3.8) is 0 Å². The number of hydrogen-bond acceptors (Lipinski definition) is 4. The largest absolute Gasteiger partial charge is 0.391 e. The lowest BCUT2D eigenvalue weighted by atomic mass is 10.2. The van der Waals surface area contributed by atoms with E-state index in [0.717, 1.165) is 34.6 Å². The Bertz CT molecular complexity index is 532. The van der Waals surface area contributed by atoms with Gasteiger partial charge in [-0.25, -0.2) is 8.42 Å². The summed E-state index contributed by atoms with van der Waals surface area (Å²) in [6.45, 7) is 3.68. The van der Waals surface area contributed by atoms with Crippen molar-refractivity contribution in [2.45, 2.75) is 43.5 Å². The van der Waals surface area contributed by atoms with Crippen LogP contribution in [0.15, 0.2) is 10.3 Å². The maximum Gasteiger partial charge on any atom is 0.252 e. The summed E-state index contributed by atoms with van der Waals surface area (Å²) in [7, 11) is -1.77. The van der Waals surface area contributed by atoms with E-state index in [-0.39, 0.29) is 12.6 Å². The summed E-state index contributed by atoms with van der Waals surface area (Å²) in [6.07, 6.45) is 2.23. The molecule has 0 amide bonds. The van der Waals surface area contributed by atoms with Gasteiger partial charge in [-0.05, 0) is 44.2 Å². The first-order valence-electron chi connectivity index (χ1n) is 6.06. The summed E-state index contributed by atoms with van der Waals surface area (Å²) in [5.74, 6) is 0.503. The molecule has 0 aromatic carbocycles. The van der Waals surface area contributed by atoms with E-state index >= 15 is 0 Å². The first kappa shape index (κ1) is 14.0. The SMILES string of the molecule is Cc1cc(S(=O)(=O)N(C)C(C)C2CC2)sc1CO. The van der Waals surface area contributed by atoms with E-state index in [9.17, 15) is 8.42 Å². The maximum atomic E-state index is 12.4. The van der Waals surface area contributed by atoms with Crippen LogP contribution in [0, 0.1) is 12.8 Å². The maximum absolute atomic E-state index is 12.4. The highest BCUT2D eigenvalue weighted by molar-refractivity contribution is 7.91. The standard InChI is InChI=1S/C12H19NO3S2/c1-8-6-12(17-11(8)7-14)18(15,16)13(3)9(2)10-4-5-10/h6,9-10,14H,4-5,7H2,1-3H3. The molecule has 1 saturated carbocycles. The second-order valence-corrected chi connectivity index (χ2v) is 8.29. The molecule has 0 aliphatic heterocycles. The van der Waals surface area contributed by atoms with Gasteiger partial charge in [-0.3, -0.25) is 0 Å². The summed E-state index contributed by atoms with van der Waals surface area (Å²) in [6, 6.07) is 1.71. The average Bonchev–Trinajstić information content (AvgIpc) is 3.10. The average molecular weight is 289 g/mol. The van der Waals surface area contributed by atoms with Crippen LogP contribution in [0.25, 0.3) is 0 Å². The zero-order chi connectivity index (χ0) is 13.5. The molecular weight excluding hydrogens is 270 g/mol. The Morgan fingerprint density at radius 2 is 2.17 bits per heavy atom. The van der Waals surface area contributed by atoms with Crippen LogP contribution in [0.5, 0.6) is 0 Å². The molecule has 1 aromatic rings. The number of aliphatic hydroxyl groups excluding tert-OH is 1. The third-order valence-electron chi connectivity index (χ3n) is 3.65. The Kier molecular flexibility index (Phi) is 3.82. The molecule has 102 valence electrons. The van der Waals surface area contributed by atoms with E-state index in [4.69, 9.17) is 5.11 Å². The van der Waals surface area contributed by atoms with Crippen molar-refractivity contribution < 1.29 is 13.5 Å². The van der Waals surface area contributed by atoms with Crippen LogP contribution in [-0.4, -0.2) is 30.9 Å². The molecule has 0 bridgehead atoms. The first-order valence-corrected chi connectivity index (χ1v) is 8.31. The second-order valence-electron chi connectivity index (χ2n) is 4.93. The highest BCUT2D eigenvalue weighted by Crippen LogP contribution is 2.37. The third-order valence-corrected chi connectivity index (χ3v) is 7.27. The van der Waals surface area contributed by atoms with Crippen molar-refractivity contribution in [1.29, 1.82) is 0 Å². The van der Waals surface area contributed by atoms with Gasteiger partial charge in [0.05, 0.1) is 6.61 Å². The number of nitrogens with zero attached hydrogens (tertiary/aromatic N) is 1. The van der Waals surface area contributed by atoms with Crippen molar-refractivity contribution in [3.8, 4) is 0 Å². The summed E-state index contributed by atoms with van der Waals surface area (Å²) < 4.78 is 26.7. The molecule has 6 heteroatoms. The zero-order valence-electron chi connectivity index (χ0n) is 10.9. The summed E-state index contributed by atoms with van der Waals surface area (Å²) in [5, 5.41) is 9.15. The van der Waals surface area contributed by atoms with Crippen molar-refractivity contribution in [1.82, 2.24) is 4.31 Å². The number of hydrogen-bond donors (Lipinski definition) is 1. The van der Waals surface area contributed by atoms with Gasteiger partial charge < -0.3 is 5.11 Å². The molecule has 1 aromatic heterocycles. The van der Waals surface area contributed by atoms with Gasteiger partial charge in [0.15, 0.2) is 0 Å². The van der Waals surface area contributed by atoms with Gasteiger partial charge in [0.1, 0.15) is 4.21 Å². The lowest BCUT2D eigenvalue weighted by Crippen LogP contribution is -2.36. The number of aliphatic hydroxyl groups is 1. The van der Waals surface area contributed by atoms with Crippen molar-refractivity contribution in [3.05, 3.63) is 16.5 Å². The number of aryl methyl sites for hydroxylation is 1. The van der Waals surface area contributed by atoms with Gasteiger partial charge in [-0.2, -0.15) is 4.31 Å². The van der Waals surface area contributed by atoms with Gasteiger partial charge >= 0.3 is 0 Å². The highest BCUT2D eigenvalue weighted by Gasteiger charge is 2.36. The topological polar surface area (TPSA) is 57.6 Å². The molecule has 1 atom stereocenters. The molecule has 1 N–H and O–H groups in total. The molecule has 1 unspecified atom stereocenters. The number of sulfonamides is 1. The zero-order valence-corrected chi connectivity index (χ0v) is 12.5. The van der Waals surface area contributed by atoms with Crippen LogP contribution < -0.4 is 0 Å². The molecule has 1 aliphatic carbocycles. The molecule has 1 aliphatic rings. The predicted octanol–water partition coefficient (Wildman–Crippen LogP) is 1.97. The predicted molar refractivity (Wildman–Crippen MR) is 72.1 cm³/mol. The van der Waals surface area contributed by atoms with Crippen LogP contribution in [0.2, 0.25) is 0 Å². The molecule has 18 heavy (non-hydrogen) atoms. The van der Waals surface area contributed by atoms with Crippen LogP contribution in [0.4, 0.5) is 0 Å². The number of rotatable bonds is 5. The molecule has 1 fully saturated rings. The van der Waals surface area contributed by atoms with Gasteiger partial charge in [-0.1, -0.05) is 0 Å². The Balaban J connectivity index is 2.28. The van der Waals surface area contributed by atoms with Gasteiger partial charge in [-0.15, -0.1) is 11.3 Å². The second kappa shape index (κ2) is 4.92. The normalized spacial score (nSPS) is 18.3. The molecule has 0 radical (unpaired) electrons. The minimum Gasteiger partial charge on any atom is -0.391 e. The number of thiophene rings is 1. The van der Waals surface area contributed by atoms with Gasteiger partial charge in [0, 0.05) is 18.0 Å². The fourth-order valence-corrected chi connectivity index (χ4v) is 5.07. The smallest absolute Gasteiger partial charge is 0.252 e. The van der Waals surface area contributed by atoms with E-state index < -0.39 is 10.0 Å². The van der Waals surface area contributed by atoms with Crippen molar-refractivity contribution in [2.24, 2.45) is 5.92 Å². The molecule has 2 rings (SSSR count). The van der Waals surface area contributed by atoms with Crippen molar-refractivity contribution >= 4 is 21.4 Å². The lowest BCUT2D eigenvalue weighted by Gasteiger charge is -2.23. The molecular formula is C12H19NO3S2. The van der Waals surface area contributed by atoms with Gasteiger partial charge in [0.25, 0.3) is 10.0 Å². The van der Waals surface area contributed by atoms with E-state index in [1.165, 1.54) is 4.31 Å².